The predicted octanol–water partition coefficient (Wildman–Crippen LogP) is 3.38. The summed E-state index contributed by atoms with van der Waals surface area (Å²) in [7, 11) is 0. The van der Waals surface area contributed by atoms with Crippen molar-refractivity contribution in [2.24, 2.45) is 0 Å². The highest BCUT2D eigenvalue weighted by molar-refractivity contribution is 6.35. The first-order valence-electron chi connectivity index (χ1n) is 7.36. The summed E-state index contributed by atoms with van der Waals surface area (Å²) in [6.45, 7) is 5.37. The second-order valence-corrected chi connectivity index (χ2v) is 6.34. The summed E-state index contributed by atoms with van der Waals surface area (Å²) in [6.07, 6.45) is -0.770. The van der Waals surface area contributed by atoms with Crippen molar-refractivity contribution < 1.29 is 9.53 Å². The Bertz CT molecular complexity index is 818. The van der Waals surface area contributed by atoms with Crippen LogP contribution in [0.25, 0.3) is 0 Å². The lowest BCUT2D eigenvalue weighted by Gasteiger charge is -2.16. The molecule has 1 unspecified atom stereocenters. The monoisotopic (exact) mass is 368 g/mol. The van der Waals surface area contributed by atoms with E-state index in [-0.39, 0.29) is 18.0 Å². The Balaban J connectivity index is 2.01. The van der Waals surface area contributed by atoms with Crippen molar-refractivity contribution in [1.29, 1.82) is 0 Å². The second-order valence-electron chi connectivity index (χ2n) is 5.50. The van der Waals surface area contributed by atoms with Gasteiger partial charge in [-0.25, -0.2) is 0 Å². The van der Waals surface area contributed by atoms with Gasteiger partial charge in [0.1, 0.15) is 5.75 Å². The van der Waals surface area contributed by atoms with E-state index in [9.17, 15) is 9.59 Å². The number of H-pyrrole nitrogens is 1. The molecule has 0 saturated heterocycles. The van der Waals surface area contributed by atoms with Gasteiger partial charge in [0.15, 0.2) is 6.10 Å². The third-order valence-corrected chi connectivity index (χ3v) is 4.03. The van der Waals surface area contributed by atoms with Gasteiger partial charge in [0, 0.05) is 22.8 Å². The largest absolute Gasteiger partial charge is 0.479 e. The number of ether oxygens (including phenoxy) is 1. The Labute approximate surface area is 149 Å². The number of amides is 1. The van der Waals surface area contributed by atoms with Gasteiger partial charge in [0.2, 0.25) is 0 Å². The molecule has 1 aromatic carbocycles. The third-order valence-electron chi connectivity index (χ3n) is 3.50. The Morgan fingerprint density at radius 1 is 1.29 bits per heavy atom. The number of halogens is 2. The molecule has 0 fully saturated rings. The summed E-state index contributed by atoms with van der Waals surface area (Å²) in [5, 5.41) is 3.51. The number of nitrogens with one attached hydrogen (secondary N) is 2. The number of benzene rings is 1. The molecule has 1 heterocycles. The van der Waals surface area contributed by atoms with Crippen LogP contribution in [0.2, 0.25) is 10.0 Å². The van der Waals surface area contributed by atoms with Crippen molar-refractivity contribution in [2.75, 3.05) is 0 Å². The fourth-order valence-corrected chi connectivity index (χ4v) is 2.69. The van der Waals surface area contributed by atoms with Crippen LogP contribution in [-0.4, -0.2) is 17.0 Å². The standard InChI is InChI=1S/C17H18Cl2N2O3/c1-9-6-10(2)21-17(23)13(9)8-20-16(22)11(3)24-15-5-4-12(18)7-14(15)19/h4-7,11H,8H2,1-3H3,(H,20,22)(H,21,23). The fraction of sp³-hybridized carbons (Fsp3) is 0.294. The number of carbonyl (C=O) groups excluding carboxylic acids is 1. The lowest BCUT2D eigenvalue weighted by Crippen LogP contribution is -2.37. The van der Waals surface area contributed by atoms with E-state index < -0.39 is 6.10 Å². The van der Waals surface area contributed by atoms with Crippen LogP contribution in [0, 0.1) is 13.8 Å². The van der Waals surface area contributed by atoms with Gasteiger partial charge in [-0.15, -0.1) is 0 Å². The van der Waals surface area contributed by atoms with E-state index in [4.69, 9.17) is 27.9 Å². The minimum absolute atomic E-state index is 0.127. The Morgan fingerprint density at radius 2 is 2.00 bits per heavy atom. The molecule has 1 amide bonds. The lowest BCUT2D eigenvalue weighted by molar-refractivity contribution is -0.127. The van der Waals surface area contributed by atoms with E-state index in [1.807, 2.05) is 19.9 Å². The molecule has 0 saturated carbocycles. The molecular formula is C17H18Cl2N2O3. The number of pyridine rings is 1. The molecule has 1 atom stereocenters. The Kier molecular flexibility index (Phi) is 5.91. The maximum absolute atomic E-state index is 12.2. The first kappa shape index (κ1) is 18.4. The first-order valence-corrected chi connectivity index (χ1v) is 8.12. The van der Waals surface area contributed by atoms with Crippen molar-refractivity contribution >= 4 is 29.1 Å². The number of aryl methyl sites for hydroxylation is 2. The number of hydrogen-bond donors (Lipinski definition) is 2. The van der Waals surface area contributed by atoms with Crippen LogP contribution < -0.4 is 15.6 Å². The topological polar surface area (TPSA) is 71.2 Å². The van der Waals surface area contributed by atoms with Gasteiger partial charge in [0.25, 0.3) is 11.5 Å². The molecule has 5 nitrogen and oxygen atoms in total. The molecule has 0 aliphatic heterocycles. The lowest BCUT2D eigenvalue weighted by atomic mass is 10.1. The van der Waals surface area contributed by atoms with E-state index in [0.717, 1.165) is 11.3 Å². The van der Waals surface area contributed by atoms with E-state index in [0.29, 0.717) is 21.4 Å². The highest BCUT2D eigenvalue weighted by Gasteiger charge is 2.17. The van der Waals surface area contributed by atoms with Gasteiger partial charge in [-0.2, -0.15) is 0 Å². The molecular weight excluding hydrogens is 351 g/mol. The molecule has 2 aromatic rings. The van der Waals surface area contributed by atoms with Crippen LogP contribution in [0.15, 0.2) is 29.1 Å². The zero-order valence-corrected chi connectivity index (χ0v) is 15.1. The first-order chi connectivity index (χ1) is 11.3. The third kappa shape index (κ3) is 4.52. The predicted molar refractivity (Wildman–Crippen MR) is 94.9 cm³/mol. The van der Waals surface area contributed by atoms with Crippen LogP contribution in [0.5, 0.6) is 5.75 Å². The quantitative estimate of drug-likeness (QED) is 0.849. The molecule has 1 aromatic heterocycles. The number of carbonyl (C=O) groups is 1. The van der Waals surface area contributed by atoms with E-state index in [1.54, 1.807) is 19.1 Å². The molecule has 0 aliphatic rings. The molecule has 0 bridgehead atoms. The van der Waals surface area contributed by atoms with Crippen molar-refractivity contribution in [1.82, 2.24) is 10.3 Å². The van der Waals surface area contributed by atoms with E-state index >= 15 is 0 Å². The number of aromatic nitrogens is 1. The number of rotatable bonds is 5. The molecule has 0 spiro atoms. The molecule has 7 heteroatoms. The van der Waals surface area contributed by atoms with Crippen molar-refractivity contribution in [2.45, 2.75) is 33.4 Å². The zero-order valence-electron chi connectivity index (χ0n) is 13.6. The summed E-state index contributed by atoms with van der Waals surface area (Å²) in [5.74, 6) is 0.0217. The summed E-state index contributed by atoms with van der Waals surface area (Å²) < 4.78 is 5.54. The summed E-state index contributed by atoms with van der Waals surface area (Å²) in [5.41, 5.74) is 1.92. The Morgan fingerprint density at radius 3 is 2.62 bits per heavy atom. The van der Waals surface area contributed by atoms with Gasteiger partial charge in [-0.1, -0.05) is 23.2 Å². The van der Waals surface area contributed by atoms with Crippen LogP contribution in [0.1, 0.15) is 23.7 Å². The summed E-state index contributed by atoms with van der Waals surface area (Å²) in [6, 6.07) is 6.63. The molecule has 0 radical (unpaired) electrons. The van der Waals surface area contributed by atoms with Crippen LogP contribution in [0.4, 0.5) is 0 Å². The minimum atomic E-state index is -0.770. The highest BCUT2D eigenvalue weighted by Crippen LogP contribution is 2.28. The molecule has 2 rings (SSSR count). The maximum Gasteiger partial charge on any atom is 0.261 e. The van der Waals surface area contributed by atoms with Gasteiger partial charge in [-0.3, -0.25) is 9.59 Å². The van der Waals surface area contributed by atoms with Crippen molar-refractivity contribution in [3.05, 3.63) is 61.5 Å². The minimum Gasteiger partial charge on any atom is -0.479 e. The van der Waals surface area contributed by atoms with Gasteiger partial charge < -0.3 is 15.0 Å². The summed E-state index contributed by atoms with van der Waals surface area (Å²) >= 11 is 11.8. The average molecular weight is 369 g/mol. The fourth-order valence-electron chi connectivity index (χ4n) is 2.24. The van der Waals surface area contributed by atoms with Crippen LogP contribution in [0.3, 0.4) is 0 Å². The number of hydrogen-bond acceptors (Lipinski definition) is 3. The number of aromatic amines is 1. The normalized spacial score (nSPS) is 11.9. The van der Waals surface area contributed by atoms with Gasteiger partial charge >= 0.3 is 0 Å². The highest BCUT2D eigenvalue weighted by atomic mass is 35.5. The molecule has 2 N–H and O–H groups in total. The van der Waals surface area contributed by atoms with E-state index in [2.05, 4.69) is 10.3 Å². The SMILES string of the molecule is Cc1cc(C)c(CNC(=O)C(C)Oc2ccc(Cl)cc2Cl)c(=O)[nH]1. The van der Waals surface area contributed by atoms with Crippen LogP contribution in [-0.2, 0) is 11.3 Å². The average Bonchev–Trinajstić information content (AvgIpc) is 2.48. The van der Waals surface area contributed by atoms with Crippen molar-refractivity contribution in [3.8, 4) is 5.75 Å². The molecule has 128 valence electrons. The molecule has 24 heavy (non-hydrogen) atoms. The Hall–Kier alpha value is -1.98. The van der Waals surface area contributed by atoms with Gasteiger partial charge in [0.05, 0.1) is 5.02 Å². The van der Waals surface area contributed by atoms with E-state index in [1.165, 1.54) is 6.07 Å². The zero-order chi connectivity index (χ0) is 17.9. The molecule has 0 aliphatic carbocycles. The smallest absolute Gasteiger partial charge is 0.261 e. The van der Waals surface area contributed by atoms with Crippen molar-refractivity contribution in [3.63, 3.8) is 0 Å². The van der Waals surface area contributed by atoms with Crippen LogP contribution >= 0.6 is 23.2 Å². The summed E-state index contributed by atoms with van der Waals surface area (Å²) in [4.78, 5) is 26.8. The maximum atomic E-state index is 12.2. The second kappa shape index (κ2) is 7.73. The van der Waals surface area contributed by atoms with Gasteiger partial charge in [-0.05, 0) is 50.6 Å².